The van der Waals surface area contributed by atoms with E-state index >= 15 is 4.39 Å². The highest BCUT2D eigenvalue weighted by molar-refractivity contribution is 6.02. The number of piperidine rings is 2. The van der Waals surface area contributed by atoms with E-state index in [1.54, 1.807) is 44.2 Å². The average Bonchev–Trinajstić information content (AvgIpc) is 3.29. The number of amides is 4. The minimum absolute atomic E-state index is 0.0728. The number of carbonyl (C=O) groups is 4. The van der Waals surface area contributed by atoms with E-state index in [-0.39, 0.29) is 64.9 Å². The molecule has 4 fully saturated rings. The standard InChI is InChI=1S/C43H53F3N10O5/c1-26(2)56-24-43(45,46)40(60)52(3)34-23-47-41(51-37(34)56)49-32-8-5-28(20-35(32)61-4)38(58)48-29-21-42(22-29)11-13-53(14-12-42)25-54-15-17-55(18-16-54)33-9-6-27(19-31(33)44)30-7-10-36(57)50-39(30)59/h5-6,8-9,19-20,23,26,29-30H,7,10-18,21-22,24-25H2,1-4H3,(H,48,58)(H,47,49,51)(H,50,57,59). The van der Waals surface area contributed by atoms with E-state index in [1.807, 2.05) is 0 Å². The van der Waals surface area contributed by atoms with Gasteiger partial charge in [-0.3, -0.25) is 34.3 Å². The number of carbonyl (C=O) groups excluding carboxylic acids is 4. The molecule has 3 N–H and O–H groups in total. The fourth-order valence-electron chi connectivity index (χ4n) is 9.42. The molecule has 3 aromatic rings. The highest BCUT2D eigenvalue weighted by Gasteiger charge is 2.48. The summed E-state index contributed by atoms with van der Waals surface area (Å²) in [6.07, 6.45) is 5.95. The van der Waals surface area contributed by atoms with Crippen LogP contribution in [-0.2, 0) is 14.4 Å². The second-order valence-corrected chi connectivity index (χ2v) is 17.4. The molecule has 8 rings (SSSR count). The maximum absolute atomic E-state index is 15.3. The number of methoxy groups -OCH3 is 1. The highest BCUT2D eigenvalue weighted by Crippen LogP contribution is 2.49. The molecule has 326 valence electrons. The van der Waals surface area contributed by atoms with Gasteiger partial charge in [-0.25, -0.2) is 9.37 Å². The SMILES string of the molecule is COc1cc(C(=O)NC2CC3(CCN(CN4CCN(c5ccc(C6CCC(=O)NC6=O)cc5F)CC4)CC3)C2)ccc1Nc1ncc2c(n1)N(C(C)C)CC(F)(F)C(=O)N2C. The minimum Gasteiger partial charge on any atom is -0.495 e. The van der Waals surface area contributed by atoms with Crippen LogP contribution in [0.15, 0.2) is 42.6 Å². The molecule has 1 unspecified atom stereocenters. The van der Waals surface area contributed by atoms with Crippen molar-refractivity contribution in [3.63, 3.8) is 0 Å². The Kier molecular flexibility index (Phi) is 11.6. The van der Waals surface area contributed by atoms with E-state index in [0.717, 1.165) is 63.4 Å². The summed E-state index contributed by atoms with van der Waals surface area (Å²) in [5.74, 6) is -5.96. The number of anilines is 5. The zero-order valence-electron chi connectivity index (χ0n) is 35.0. The van der Waals surface area contributed by atoms with Crippen LogP contribution < -0.4 is 35.4 Å². The number of imide groups is 1. The first kappa shape index (κ1) is 42.2. The molecule has 4 aliphatic heterocycles. The Balaban J connectivity index is 0.793. The van der Waals surface area contributed by atoms with Gasteiger partial charge in [0.15, 0.2) is 5.82 Å². The predicted octanol–water partition coefficient (Wildman–Crippen LogP) is 4.47. The van der Waals surface area contributed by atoms with Crippen LogP contribution in [0.2, 0.25) is 0 Å². The number of halogens is 3. The number of hydrogen-bond donors (Lipinski definition) is 3. The van der Waals surface area contributed by atoms with Crippen molar-refractivity contribution in [2.75, 3.05) is 86.7 Å². The Morgan fingerprint density at radius 3 is 2.38 bits per heavy atom. The molecule has 15 nitrogen and oxygen atoms in total. The van der Waals surface area contributed by atoms with Gasteiger partial charge in [0.1, 0.15) is 17.3 Å². The van der Waals surface area contributed by atoms with E-state index in [4.69, 9.17) is 4.74 Å². The van der Waals surface area contributed by atoms with Crippen molar-refractivity contribution in [2.45, 2.75) is 76.3 Å². The summed E-state index contributed by atoms with van der Waals surface area (Å²) < 4.78 is 50.4. The molecule has 4 amide bonds. The number of likely N-dealkylation sites (tertiary alicyclic amines) is 1. The van der Waals surface area contributed by atoms with Gasteiger partial charge >= 0.3 is 5.92 Å². The molecule has 1 atom stereocenters. The smallest absolute Gasteiger partial charge is 0.342 e. The van der Waals surface area contributed by atoms with Gasteiger partial charge in [-0.1, -0.05) is 6.07 Å². The Hall–Kier alpha value is -5.49. The number of aromatic nitrogens is 2. The topological polar surface area (TPSA) is 156 Å². The zero-order chi connectivity index (χ0) is 43.2. The number of rotatable bonds is 10. The molecule has 0 bridgehead atoms. The second-order valence-electron chi connectivity index (χ2n) is 17.4. The lowest BCUT2D eigenvalue weighted by Gasteiger charge is -2.53. The zero-order valence-corrected chi connectivity index (χ0v) is 35.0. The monoisotopic (exact) mass is 846 g/mol. The van der Waals surface area contributed by atoms with Gasteiger partial charge in [-0.15, -0.1) is 0 Å². The lowest BCUT2D eigenvalue weighted by Crippen LogP contribution is -2.57. The first-order valence-corrected chi connectivity index (χ1v) is 21.0. The number of piperazine rings is 1. The third-order valence-corrected chi connectivity index (χ3v) is 13.0. The summed E-state index contributed by atoms with van der Waals surface area (Å²) in [4.78, 5) is 67.7. The largest absolute Gasteiger partial charge is 0.495 e. The van der Waals surface area contributed by atoms with Gasteiger partial charge in [0, 0.05) is 57.3 Å². The van der Waals surface area contributed by atoms with Crippen LogP contribution in [-0.4, -0.2) is 128 Å². The molecule has 1 spiro atoms. The molecule has 5 heterocycles. The molecule has 1 saturated carbocycles. The van der Waals surface area contributed by atoms with E-state index in [0.29, 0.717) is 47.8 Å². The average molecular weight is 847 g/mol. The lowest BCUT2D eigenvalue weighted by atomic mass is 9.60. The maximum Gasteiger partial charge on any atom is 0.342 e. The molecule has 2 aromatic carbocycles. The van der Waals surface area contributed by atoms with Gasteiger partial charge < -0.3 is 30.1 Å². The molecule has 1 aromatic heterocycles. The summed E-state index contributed by atoms with van der Waals surface area (Å²) in [6, 6.07) is 9.70. The number of nitrogens with zero attached hydrogens (tertiary/aromatic N) is 7. The van der Waals surface area contributed by atoms with Crippen molar-refractivity contribution in [1.82, 2.24) is 30.4 Å². The van der Waals surface area contributed by atoms with Gasteiger partial charge in [-0.05, 0) is 100 Å². The normalized spacial score (nSPS) is 22.1. The summed E-state index contributed by atoms with van der Waals surface area (Å²) in [5, 5.41) is 8.63. The van der Waals surface area contributed by atoms with Crippen molar-refractivity contribution < 1.29 is 37.1 Å². The number of hydrogen-bond acceptors (Lipinski definition) is 12. The quantitative estimate of drug-likeness (QED) is 0.247. The molecule has 3 saturated heterocycles. The molecule has 18 heteroatoms. The van der Waals surface area contributed by atoms with E-state index in [9.17, 15) is 28.0 Å². The van der Waals surface area contributed by atoms with Gasteiger partial charge in [0.2, 0.25) is 17.8 Å². The van der Waals surface area contributed by atoms with Crippen LogP contribution in [0.3, 0.4) is 0 Å². The van der Waals surface area contributed by atoms with Crippen molar-refractivity contribution in [3.8, 4) is 5.75 Å². The van der Waals surface area contributed by atoms with Crippen molar-refractivity contribution in [2.24, 2.45) is 5.41 Å². The van der Waals surface area contributed by atoms with Crippen LogP contribution >= 0.6 is 0 Å². The maximum atomic E-state index is 15.3. The van der Waals surface area contributed by atoms with E-state index in [2.05, 4.69) is 40.6 Å². The number of nitrogens with one attached hydrogen (secondary N) is 3. The number of fused-ring (bicyclic) bond motifs is 1. The Bertz CT molecular complexity index is 2180. The third kappa shape index (κ3) is 8.69. The Morgan fingerprint density at radius 2 is 1.70 bits per heavy atom. The molecule has 1 aliphatic carbocycles. The fraction of sp³-hybridized carbons (Fsp3) is 0.535. The third-order valence-electron chi connectivity index (χ3n) is 13.0. The molecule has 5 aliphatic rings. The summed E-state index contributed by atoms with van der Waals surface area (Å²) in [6.45, 7) is 8.54. The number of ether oxygens (including phenoxy) is 1. The number of alkyl halides is 2. The van der Waals surface area contributed by atoms with Crippen LogP contribution in [0.5, 0.6) is 5.75 Å². The first-order chi connectivity index (χ1) is 29.1. The summed E-state index contributed by atoms with van der Waals surface area (Å²) >= 11 is 0. The molecular weight excluding hydrogens is 794 g/mol. The van der Waals surface area contributed by atoms with Gasteiger partial charge in [0.25, 0.3) is 11.8 Å². The van der Waals surface area contributed by atoms with Crippen LogP contribution in [0.4, 0.5) is 42.0 Å². The molecular formula is C43H53F3N10O5. The number of benzene rings is 2. The molecule has 61 heavy (non-hydrogen) atoms. The van der Waals surface area contributed by atoms with Crippen LogP contribution in [0.1, 0.15) is 74.2 Å². The predicted molar refractivity (Wildman–Crippen MR) is 223 cm³/mol. The van der Waals surface area contributed by atoms with Gasteiger partial charge in [-0.2, -0.15) is 13.8 Å². The van der Waals surface area contributed by atoms with E-state index < -0.39 is 24.3 Å². The Morgan fingerprint density at radius 1 is 0.984 bits per heavy atom. The minimum atomic E-state index is -3.60. The van der Waals surface area contributed by atoms with Crippen molar-refractivity contribution >= 4 is 52.5 Å². The van der Waals surface area contributed by atoms with Crippen molar-refractivity contribution in [3.05, 3.63) is 59.5 Å². The summed E-state index contributed by atoms with van der Waals surface area (Å²) in [7, 11) is 2.77. The van der Waals surface area contributed by atoms with Crippen molar-refractivity contribution in [1.29, 1.82) is 0 Å². The van der Waals surface area contributed by atoms with Crippen LogP contribution in [0, 0.1) is 11.2 Å². The lowest BCUT2D eigenvalue weighted by molar-refractivity contribution is -0.140. The van der Waals surface area contributed by atoms with E-state index in [1.165, 1.54) is 31.3 Å². The molecule has 0 radical (unpaired) electrons. The fourth-order valence-corrected chi connectivity index (χ4v) is 9.42. The summed E-state index contributed by atoms with van der Waals surface area (Å²) in [5.41, 5.74) is 2.43. The highest BCUT2D eigenvalue weighted by atomic mass is 19.3. The van der Waals surface area contributed by atoms with Gasteiger partial charge in [0.05, 0.1) is 43.8 Å². The first-order valence-electron chi connectivity index (χ1n) is 21.0. The second kappa shape index (κ2) is 16.8. The Labute approximate surface area is 353 Å². The van der Waals surface area contributed by atoms with Crippen LogP contribution in [0.25, 0.3) is 0 Å².